The number of alkyl halides is 3. The number of rotatable bonds is 2. The van der Waals surface area contributed by atoms with Gasteiger partial charge in [-0.05, 0) is 53.4 Å². The third-order valence-corrected chi connectivity index (χ3v) is 6.50. The maximum absolute atomic E-state index is 6.64. The molecule has 21 heavy (non-hydrogen) atoms. The number of hydrogen-bond acceptors (Lipinski definition) is 0. The van der Waals surface area contributed by atoms with Gasteiger partial charge >= 0.3 is 0 Å². The molecule has 0 heterocycles. The van der Waals surface area contributed by atoms with Crippen LogP contribution in [0.25, 0.3) is 11.1 Å². The lowest BCUT2D eigenvalue weighted by Crippen LogP contribution is -2.31. The first kappa shape index (κ1) is 16.1. The molecule has 0 aliphatic heterocycles. The van der Waals surface area contributed by atoms with Crippen molar-refractivity contribution in [2.24, 2.45) is 0 Å². The minimum absolute atomic E-state index is 0.159. The van der Waals surface area contributed by atoms with Crippen LogP contribution in [0.4, 0.5) is 0 Å². The minimum Gasteiger partial charge on any atom is -0.120 e. The molecule has 0 aromatic heterocycles. The van der Waals surface area contributed by atoms with E-state index in [1.165, 1.54) is 0 Å². The van der Waals surface area contributed by atoms with Gasteiger partial charge in [0.15, 0.2) is 0 Å². The largest absolute Gasteiger partial charge is 0.145 e. The van der Waals surface area contributed by atoms with Gasteiger partial charge in [0.05, 0.1) is 5.38 Å². The van der Waals surface area contributed by atoms with Crippen molar-refractivity contribution in [2.45, 2.75) is 22.6 Å². The van der Waals surface area contributed by atoms with Crippen LogP contribution in [0.15, 0.2) is 45.3 Å². The third-order valence-electron chi connectivity index (χ3n) is 3.85. The fourth-order valence-corrected chi connectivity index (χ4v) is 4.20. The molecule has 0 saturated carbocycles. The first-order valence-electron chi connectivity index (χ1n) is 6.43. The summed E-state index contributed by atoms with van der Waals surface area (Å²) in [7, 11) is 0. The Morgan fingerprint density at radius 3 is 1.76 bits per heavy atom. The molecule has 2 aromatic rings. The summed E-state index contributed by atoms with van der Waals surface area (Å²) < 4.78 is 0.928. The van der Waals surface area contributed by atoms with E-state index < -0.39 is 4.33 Å². The van der Waals surface area contributed by atoms with Crippen LogP contribution in [0.2, 0.25) is 0 Å². The lowest BCUT2D eigenvalue weighted by Gasteiger charge is -2.31. The number of benzene rings is 2. The summed E-state index contributed by atoms with van der Waals surface area (Å²) in [5.41, 5.74) is 4.53. The van der Waals surface area contributed by atoms with Crippen molar-refractivity contribution in [3.05, 3.63) is 56.5 Å². The molecule has 0 saturated heterocycles. The Labute approximate surface area is 156 Å². The molecule has 0 nitrogen and oxygen atoms in total. The van der Waals surface area contributed by atoms with Crippen LogP contribution >= 0.6 is 66.7 Å². The molecular formula is C16H11Br2Cl3. The van der Waals surface area contributed by atoms with E-state index in [1.54, 1.807) is 0 Å². The first-order valence-corrected chi connectivity index (χ1v) is 9.21. The van der Waals surface area contributed by atoms with E-state index in [1.807, 2.05) is 19.1 Å². The van der Waals surface area contributed by atoms with Crippen LogP contribution in [0.5, 0.6) is 0 Å². The Morgan fingerprint density at radius 2 is 1.38 bits per heavy atom. The SMILES string of the molecule is CC(Cl)C(Cl)(Cl)C1c2cc(Br)ccc2-c2ccc(Br)cc21. The van der Waals surface area contributed by atoms with Crippen molar-refractivity contribution in [3.63, 3.8) is 0 Å². The average molecular weight is 469 g/mol. The molecule has 5 heteroatoms. The highest BCUT2D eigenvalue weighted by atomic mass is 79.9. The van der Waals surface area contributed by atoms with E-state index in [-0.39, 0.29) is 11.3 Å². The van der Waals surface area contributed by atoms with Gasteiger partial charge in [0.25, 0.3) is 0 Å². The highest BCUT2D eigenvalue weighted by molar-refractivity contribution is 9.10. The Balaban J connectivity index is 2.30. The summed E-state index contributed by atoms with van der Waals surface area (Å²) in [4.78, 5) is 0. The van der Waals surface area contributed by atoms with Crippen LogP contribution < -0.4 is 0 Å². The fraction of sp³-hybridized carbons (Fsp3) is 0.250. The summed E-state index contributed by atoms with van der Waals surface area (Å²) in [6, 6.07) is 12.4. The van der Waals surface area contributed by atoms with Gasteiger partial charge in [-0.2, -0.15) is 0 Å². The van der Waals surface area contributed by atoms with Crippen molar-refractivity contribution in [1.29, 1.82) is 0 Å². The molecule has 0 spiro atoms. The van der Waals surface area contributed by atoms with Crippen LogP contribution in [0.3, 0.4) is 0 Å². The van der Waals surface area contributed by atoms with Crippen LogP contribution in [0, 0.1) is 0 Å². The quantitative estimate of drug-likeness (QED) is 0.411. The molecule has 0 N–H and O–H groups in total. The van der Waals surface area contributed by atoms with Crippen molar-refractivity contribution >= 4 is 66.7 Å². The lowest BCUT2D eigenvalue weighted by atomic mass is 9.91. The van der Waals surface area contributed by atoms with Crippen molar-refractivity contribution in [1.82, 2.24) is 0 Å². The Bertz CT molecular complexity index is 659. The van der Waals surface area contributed by atoms with E-state index in [9.17, 15) is 0 Å². The topological polar surface area (TPSA) is 0 Å². The van der Waals surface area contributed by atoms with E-state index >= 15 is 0 Å². The zero-order chi connectivity index (χ0) is 15.4. The van der Waals surface area contributed by atoms with Gasteiger partial charge < -0.3 is 0 Å². The molecule has 0 fully saturated rings. The molecule has 110 valence electrons. The molecule has 1 atom stereocenters. The number of fused-ring (bicyclic) bond motifs is 3. The molecule has 0 radical (unpaired) electrons. The van der Waals surface area contributed by atoms with Gasteiger partial charge in [0.1, 0.15) is 4.33 Å². The van der Waals surface area contributed by atoms with E-state index in [0.717, 1.165) is 31.2 Å². The van der Waals surface area contributed by atoms with Crippen LogP contribution in [0.1, 0.15) is 24.0 Å². The predicted molar refractivity (Wildman–Crippen MR) is 98.9 cm³/mol. The van der Waals surface area contributed by atoms with E-state index in [4.69, 9.17) is 34.8 Å². The predicted octanol–water partition coefficient (Wildman–Crippen LogP) is 7.13. The molecule has 0 amide bonds. The Hall–Kier alpha value is 0.270. The second kappa shape index (κ2) is 5.72. The molecule has 1 aliphatic rings. The second-order valence-electron chi connectivity index (χ2n) is 5.19. The second-order valence-corrected chi connectivity index (χ2v) is 9.12. The fourth-order valence-electron chi connectivity index (χ4n) is 2.85. The van der Waals surface area contributed by atoms with Gasteiger partial charge in [-0.25, -0.2) is 0 Å². The summed E-state index contributed by atoms with van der Waals surface area (Å²) in [5, 5.41) is -0.386. The van der Waals surface area contributed by atoms with Gasteiger partial charge in [0, 0.05) is 14.9 Å². The van der Waals surface area contributed by atoms with Gasteiger partial charge in [-0.15, -0.1) is 11.6 Å². The van der Waals surface area contributed by atoms with Crippen molar-refractivity contribution in [2.75, 3.05) is 0 Å². The van der Waals surface area contributed by atoms with Crippen LogP contribution in [-0.2, 0) is 0 Å². The molecule has 1 unspecified atom stereocenters. The third kappa shape index (κ3) is 2.68. The highest BCUT2D eigenvalue weighted by Gasteiger charge is 2.46. The van der Waals surface area contributed by atoms with Gasteiger partial charge in [-0.3, -0.25) is 0 Å². The van der Waals surface area contributed by atoms with Crippen LogP contribution in [-0.4, -0.2) is 9.71 Å². The first-order chi connectivity index (χ1) is 9.82. The normalized spacial score (nSPS) is 15.7. The molecule has 0 bridgehead atoms. The van der Waals surface area contributed by atoms with Crippen molar-refractivity contribution in [3.8, 4) is 11.1 Å². The summed E-state index contributed by atoms with van der Waals surface area (Å²) >= 11 is 26.6. The monoisotopic (exact) mass is 466 g/mol. The highest BCUT2D eigenvalue weighted by Crippen LogP contribution is 2.56. The number of hydrogen-bond donors (Lipinski definition) is 0. The zero-order valence-corrected chi connectivity index (χ0v) is 16.4. The minimum atomic E-state index is -1.08. The lowest BCUT2D eigenvalue weighted by molar-refractivity contribution is 0.667. The Morgan fingerprint density at radius 1 is 0.952 bits per heavy atom. The average Bonchev–Trinajstić information content (AvgIpc) is 2.71. The van der Waals surface area contributed by atoms with Gasteiger partial charge in [0.2, 0.25) is 0 Å². The molecular weight excluding hydrogens is 458 g/mol. The van der Waals surface area contributed by atoms with Crippen molar-refractivity contribution < 1.29 is 0 Å². The molecule has 1 aliphatic carbocycles. The summed E-state index contributed by atoms with van der Waals surface area (Å²) in [6.45, 7) is 1.83. The zero-order valence-electron chi connectivity index (χ0n) is 11.0. The van der Waals surface area contributed by atoms with Gasteiger partial charge in [-0.1, -0.05) is 67.2 Å². The Kier molecular flexibility index (Phi) is 4.40. The standard InChI is InChI=1S/C16H11Br2Cl3/c1-8(19)16(20,21)15-13-6-9(17)2-4-11(13)12-5-3-10(18)7-14(12)15/h2-8,15H,1H3. The van der Waals surface area contributed by atoms with E-state index in [0.29, 0.717) is 0 Å². The number of halogens is 5. The summed E-state index contributed by atoms with van der Waals surface area (Å²) in [6.07, 6.45) is 0. The smallest absolute Gasteiger partial charge is 0.120 e. The maximum atomic E-state index is 6.64. The molecule has 2 aromatic carbocycles. The van der Waals surface area contributed by atoms with E-state index in [2.05, 4.69) is 56.1 Å². The summed E-state index contributed by atoms with van der Waals surface area (Å²) in [5.74, 6) is -0.159. The molecule has 3 rings (SSSR count). The maximum Gasteiger partial charge on any atom is 0.145 e.